The lowest BCUT2D eigenvalue weighted by atomic mass is 10.0. The number of pyridine rings is 1. The van der Waals surface area contributed by atoms with Crippen molar-refractivity contribution in [2.75, 3.05) is 10.6 Å². The summed E-state index contributed by atoms with van der Waals surface area (Å²) in [4.78, 5) is 28.2. The Morgan fingerprint density at radius 2 is 1.58 bits per heavy atom. The first-order valence-electron chi connectivity index (χ1n) is 10.4. The van der Waals surface area contributed by atoms with E-state index in [-0.39, 0.29) is 11.5 Å². The summed E-state index contributed by atoms with van der Waals surface area (Å²) in [5, 5.41) is 15.1. The minimum atomic E-state index is -1.02. The molecule has 1 amide bonds. The second kappa shape index (κ2) is 9.56. The van der Waals surface area contributed by atoms with Gasteiger partial charge in [0, 0.05) is 17.3 Å². The van der Waals surface area contributed by atoms with Crippen molar-refractivity contribution >= 4 is 23.3 Å². The number of nitrogens with one attached hydrogen (secondary N) is 2. The van der Waals surface area contributed by atoms with Crippen molar-refractivity contribution in [3.05, 3.63) is 89.9 Å². The number of carbonyl (C=O) groups is 2. The number of carbonyl (C=O) groups excluding carboxylic acids is 1. The van der Waals surface area contributed by atoms with Crippen LogP contribution < -0.4 is 10.6 Å². The molecule has 33 heavy (non-hydrogen) atoms. The summed E-state index contributed by atoms with van der Waals surface area (Å²) in [7, 11) is 0. The zero-order valence-corrected chi connectivity index (χ0v) is 19.1. The van der Waals surface area contributed by atoms with Crippen LogP contribution in [0.4, 0.5) is 11.4 Å². The Kier molecular flexibility index (Phi) is 6.82. The second-order valence-corrected chi connectivity index (χ2v) is 8.53. The maximum atomic E-state index is 12.8. The lowest BCUT2D eigenvalue weighted by Crippen LogP contribution is -2.21. The van der Waals surface area contributed by atoms with Gasteiger partial charge >= 0.3 is 5.97 Å². The monoisotopic (exact) mass is 445 g/mol. The van der Waals surface area contributed by atoms with Gasteiger partial charge in [0.15, 0.2) is 5.88 Å². The lowest BCUT2D eigenvalue weighted by Gasteiger charge is -2.24. The second-order valence-electron chi connectivity index (χ2n) is 8.53. The molecule has 0 unspecified atom stereocenters. The largest absolute Gasteiger partial charge is 0.478 e. The topological polar surface area (TPSA) is 101 Å². The van der Waals surface area contributed by atoms with Crippen molar-refractivity contribution in [2.45, 2.75) is 33.3 Å². The molecular formula is C26H27N3O4. The molecule has 0 saturated carbocycles. The molecule has 3 N–H and O–H groups in total. The van der Waals surface area contributed by atoms with Gasteiger partial charge in [-0.1, -0.05) is 24.3 Å². The first kappa shape index (κ1) is 23.5. The minimum absolute atomic E-state index is 0.134. The SMILES string of the molecule is C=C(Nc1ccccc1NC(=O)c1ccc(-c2ncc(C(=O)O)cc2C)cc1)OC(C)(C)C. The summed E-state index contributed by atoms with van der Waals surface area (Å²) in [6.07, 6.45) is 1.33. The van der Waals surface area contributed by atoms with Gasteiger partial charge in [0.2, 0.25) is 0 Å². The predicted molar refractivity (Wildman–Crippen MR) is 129 cm³/mol. The van der Waals surface area contributed by atoms with Gasteiger partial charge in [0.05, 0.1) is 22.6 Å². The van der Waals surface area contributed by atoms with E-state index < -0.39 is 11.6 Å². The summed E-state index contributed by atoms with van der Waals surface area (Å²) >= 11 is 0. The number of hydrogen-bond acceptors (Lipinski definition) is 5. The molecule has 7 heteroatoms. The Bertz CT molecular complexity index is 1190. The first-order valence-corrected chi connectivity index (χ1v) is 10.4. The Labute approximate surface area is 193 Å². The summed E-state index contributed by atoms with van der Waals surface area (Å²) in [5.74, 6) is -0.915. The molecule has 1 heterocycles. The molecule has 0 radical (unpaired) electrons. The maximum Gasteiger partial charge on any atom is 0.337 e. The zero-order chi connectivity index (χ0) is 24.2. The third-order valence-electron chi connectivity index (χ3n) is 4.62. The van der Waals surface area contributed by atoms with Gasteiger partial charge in [-0.15, -0.1) is 0 Å². The standard InChI is InChI=1S/C26H27N3O4/c1-16-14-20(25(31)32)15-27-23(16)18-10-12-19(13-11-18)24(30)29-22-9-7-6-8-21(22)28-17(2)33-26(3,4)5/h6-15,28H,2H2,1,3-5H3,(H,29,30)(H,31,32). The Hall–Kier alpha value is -4.13. The molecule has 0 aliphatic rings. The van der Waals surface area contributed by atoms with E-state index in [0.717, 1.165) is 11.1 Å². The van der Waals surface area contributed by atoms with Crippen molar-refractivity contribution in [1.82, 2.24) is 4.98 Å². The molecule has 2 aromatic carbocycles. The Morgan fingerprint density at radius 3 is 2.12 bits per heavy atom. The van der Waals surface area contributed by atoms with Gasteiger partial charge < -0.3 is 20.5 Å². The third-order valence-corrected chi connectivity index (χ3v) is 4.62. The van der Waals surface area contributed by atoms with E-state index in [4.69, 9.17) is 9.84 Å². The first-order chi connectivity index (χ1) is 15.5. The predicted octanol–water partition coefficient (Wildman–Crippen LogP) is 5.71. The van der Waals surface area contributed by atoms with Crippen LogP contribution in [-0.2, 0) is 4.74 Å². The van der Waals surface area contributed by atoms with Gasteiger partial charge in [0.1, 0.15) is 5.60 Å². The number of rotatable bonds is 7. The number of para-hydroxylation sites is 2. The molecule has 0 aliphatic heterocycles. The van der Waals surface area contributed by atoms with Gasteiger partial charge in [-0.25, -0.2) is 4.79 Å². The molecule has 0 fully saturated rings. The highest BCUT2D eigenvalue weighted by molar-refractivity contribution is 6.06. The number of aryl methyl sites for hydroxylation is 1. The van der Waals surface area contributed by atoms with Crippen molar-refractivity contribution < 1.29 is 19.4 Å². The fraction of sp³-hybridized carbons (Fsp3) is 0.192. The lowest BCUT2D eigenvalue weighted by molar-refractivity contribution is 0.0564. The molecule has 7 nitrogen and oxygen atoms in total. The summed E-state index contributed by atoms with van der Waals surface area (Å²) < 4.78 is 5.71. The molecule has 0 aliphatic carbocycles. The van der Waals surface area contributed by atoms with Crippen LogP contribution in [0.25, 0.3) is 11.3 Å². The molecular weight excluding hydrogens is 418 g/mol. The Morgan fingerprint density at radius 1 is 0.970 bits per heavy atom. The van der Waals surface area contributed by atoms with Crippen molar-refractivity contribution in [1.29, 1.82) is 0 Å². The molecule has 170 valence electrons. The van der Waals surface area contributed by atoms with Gasteiger partial charge in [0.25, 0.3) is 5.91 Å². The highest BCUT2D eigenvalue weighted by Crippen LogP contribution is 2.26. The minimum Gasteiger partial charge on any atom is -0.478 e. The number of anilines is 2. The van der Waals surface area contributed by atoms with Gasteiger partial charge in [-0.2, -0.15) is 0 Å². The number of aromatic nitrogens is 1. The average molecular weight is 446 g/mol. The molecule has 0 spiro atoms. The maximum absolute atomic E-state index is 12.8. The van der Waals surface area contributed by atoms with Crippen LogP contribution in [0.15, 0.2) is 73.3 Å². The number of carboxylic acid groups (broad SMARTS) is 1. The van der Waals surface area contributed by atoms with Crippen LogP contribution in [-0.4, -0.2) is 27.6 Å². The van der Waals surface area contributed by atoms with E-state index in [0.29, 0.717) is 28.5 Å². The van der Waals surface area contributed by atoms with Gasteiger partial charge in [-0.3, -0.25) is 9.78 Å². The van der Waals surface area contributed by atoms with E-state index in [2.05, 4.69) is 22.2 Å². The summed E-state index contributed by atoms with van der Waals surface area (Å²) in [6, 6.07) is 15.8. The van der Waals surface area contributed by atoms with Crippen molar-refractivity contribution in [3.63, 3.8) is 0 Å². The van der Waals surface area contributed by atoms with E-state index in [1.807, 2.05) is 39.0 Å². The van der Waals surface area contributed by atoms with Crippen LogP contribution in [0.5, 0.6) is 0 Å². The van der Waals surface area contributed by atoms with Gasteiger partial charge in [-0.05, 0) is 70.2 Å². The molecule has 3 aromatic rings. The molecule has 0 bridgehead atoms. The smallest absolute Gasteiger partial charge is 0.337 e. The van der Waals surface area contributed by atoms with E-state index in [1.54, 1.807) is 43.3 Å². The average Bonchev–Trinajstić information content (AvgIpc) is 2.73. The summed E-state index contributed by atoms with van der Waals surface area (Å²) in [6.45, 7) is 11.5. The number of hydrogen-bond donors (Lipinski definition) is 3. The van der Waals surface area contributed by atoms with Crippen LogP contribution in [0.1, 0.15) is 47.1 Å². The van der Waals surface area contributed by atoms with E-state index in [1.165, 1.54) is 6.20 Å². The summed E-state index contributed by atoms with van der Waals surface area (Å²) in [5.41, 5.74) is 3.66. The number of benzene rings is 2. The number of ether oxygens (including phenoxy) is 1. The number of nitrogens with zero attached hydrogens (tertiary/aromatic N) is 1. The van der Waals surface area contributed by atoms with Crippen molar-refractivity contribution in [3.8, 4) is 11.3 Å². The molecule has 3 rings (SSSR count). The highest BCUT2D eigenvalue weighted by Gasteiger charge is 2.15. The van der Waals surface area contributed by atoms with Crippen LogP contribution in [0.2, 0.25) is 0 Å². The fourth-order valence-corrected chi connectivity index (χ4v) is 3.21. The molecule has 1 aromatic heterocycles. The van der Waals surface area contributed by atoms with Crippen LogP contribution in [0, 0.1) is 6.92 Å². The van der Waals surface area contributed by atoms with Crippen LogP contribution >= 0.6 is 0 Å². The number of carboxylic acids is 1. The Balaban J connectivity index is 1.75. The van der Waals surface area contributed by atoms with Crippen LogP contribution in [0.3, 0.4) is 0 Å². The van der Waals surface area contributed by atoms with Crippen molar-refractivity contribution in [2.24, 2.45) is 0 Å². The molecule has 0 atom stereocenters. The molecule has 0 saturated heterocycles. The fourth-order valence-electron chi connectivity index (χ4n) is 3.21. The van der Waals surface area contributed by atoms with E-state index in [9.17, 15) is 9.59 Å². The normalized spacial score (nSPS) is 10.9. The number of amides is 1. The van der Waals surface area contributed by atoms with E-state index >= 15 is 0 Å². The number of aromatic carboxylic acids is 1. The third kappa shape index (κ3) is 6.20. The highest BCUT2D eigenvalue weighted by atomic mass is 16.5. The quantitative estimate of drug-likeness (QED) is 0.403. The zero-order valence-electron chi connectivity index (χ0n) is 19.1.